The molecule has 0 aromatic carbocycles. The number of rotatable bonds is 2. The SMILES string of the molecule is CCCc1sc2ncncc2c1Cl. The molecule has 2 aromatic heterocycles. The maximum atomic E-state index is 6.17. The van der Waals surface area contributed by atoms with E-state index in [4.69, 9.17) is 11.6 Å². The van der Waals surface area contributed by atoms with Crippen LogP contribution < -0.4 is 0 Å². The van der Waals surface area contributed by atoms with Gasteiger partial charge in [0.15, 0.2) is 0 Å². The quantitative estimate of drug-likeness (QED) is 0.764. The van der Waals surface area contributed by atoms with Crippen LogP contribution in [0.15, 0.2) is 12.5 Å². The first-order chi connectivity index (χ1) is 6.33. The van der Waals surface area contributed by atoms with Crippen LogP contribution in [0.5, 0.6) is 0 Å². The van der Waals surface area contributed by atoms with Gasteiger partial charge in [-0.1, -0.05) is 24.9 Å². The highest BCUT2D eigenvalue weighted by molar-refractivity contribution is 7.19. The highest BCUT2D eigenvalue weighted by Crippen LogP contribution is 2.33. The molecule has 0 saturated carbocycles. The van der Waals surface area contributed by atoms with Crippen molar-refractivity contribution in [3.8, 4) is 0 Å². The number of thiophene rings is 1. The lowest BCUT2D eigenvalue weighted by molar-refractivity contribution is 0.941. The van der Waals surface area contributed by atoms with Crippen molar-refractivity contribution in [3.05, 3.63) is 22.4 Å². The van der Waals surface area contributed by atoms with Crippen LogP contribution in [0, 0.1) is 0 Å². The van der Waals surface area contributed by atoms with Crippen molar-refractivity contribution in [3.63, 3.8) is 0 Å². The van der Waals surface area contributed by atoms with Gasteiger partial charge in [-0.15, -0.1) is 11.3 Å². The monoisotopic (exact) mass is 212 g/mol. The van der Waals surface area contributed by atoms with E-state index < -0.39 is 0 Å². The zero-order valence-electron chi connectivity index (χ0n) is 7.25. The molecule has 0 unspecified atom stereocenters. The summed E-state index contributed by atoms with van der Waals surface area (Å²) in [6, 6.07) is 0. The molecule has 2 rings (SSSR count). The molecular weight excluding hydrogens is 204 g/mol. The molecule has 0 radical (unpaired) electrons. The number of fused-ring (bicyclic) bond motifs is 1. The topological polar surface area (TPSA) is 25.8 Å². The minimum Gasteiger partial charge on any atom is -0.244 e. The van der Waals surface area contributed by atoms with Crippen LogP contribution >= 0.6 is 22.9 Å². The van der Waals surface area contributed by atoms with Gasteiger partial charge >= 0.3 is 0 Å². The van der Waals surface area contributed by atoms with Gasteiger partial charge in [-0.3, -0.25) is 0 Å². The first-order valence-electron chi connectivity index (χ1n) is 4.19. The summed E-state index contributed by atoms with van der Waals surface area (Å²) in [6.07, 6.45) is 5.48. The number of halogens is 1. The second kappa shape index (κ2) is 3.60. The van der Waals surface area contributed by atoms with Crippen LogP contribution in [0.2, 0.25) is 5.02 Å². The van der Waals surface area contributed by atoms with Gasteiger partial charge < -0.3 is 0 Å². The molecule has 0 amide bonds. The van der Waals surface area contributed by atoms with E-state index in [0.29, 0.717) is 0 Å². The molecule has 0 bridgehead atoms. The minimum absolute atomic E-state index is 0.836. The van der Waals surface area contributed by atoms with E-state index in [2.05, 4.69) is 16.9 Å². The molecule has 2 heterocycles. The van der Waals surface area contributed by atoms with E-state index in [1.807, 2.05) is 0 Å². The highest BCUT2D eigenvalue weighted by atomic mass is 35.5. The fraction of sp³-hybridized carbons (Fsp3) is 0.333. The second-order valence-electron chi connectivity index (χ2n) is 2.83. The third-order valence-corrected chi connectivity index (χ3v) is 3.57. The molecule has 0 aliphatic rings. The average molecular weight is 213 g/mol. The Morgan fingerprint density at radius 3 is 3.08 bits per heavy atom. The van der Waals surface area contributed by atoms with Gasteiger partial charge in [0.2, 0.25) is 0 Å². The van der Waals surface area contributed by atoms with Crippen molar-refractivity contribution < 1.29 is 0 Å². The lowest BCUT2D eigenvalue weighted by Crippen LogP contribution is -1.76. The average Bonchev–Trinajstić information content (AvgIpc) is 2.46. The van der Waals surface area contributed by atoms with Crippen molar-refractivity contribution in [1.82, 2.24) is 9.97 Å². The summed E-state index contributed by atoms with van der Waals surface area (Å²) in [6.45, 7) is 2.15. The van der Waals surface area contributed by atoms with Gasteiger partial charge in [0.05, 0.1) is 5.02 Å². The lowest BCUT2D eigenvalue weighted by atomic mass is 10.2. The van der Waals surface area contributed by atoms with E-state index in [1.165, 1.54) is 4.88 Å². The Morgan fingerprint density at radius 2 is 2.38 bits per heavy atom. The third kappa shape index (κ3) is 1.54. The molecule has 4 heteroatoms. The number of aryl methyl sites for hydroxylation is 1. The standard InChI is InChI=1S/C9H9ClN2S/c1-2-3-7-8(10)6-4-11-5-12-9(6)13-7/h4-5H,2-3H2,1H3. The molecule has 2 aromatic rings. The van der Waals surface area contributed by atoms with E-state index >= 15 is 0 Å². The molecule has 13 heavy (non-hydrogen) atoms. The van der Waals surface area contributed by atoms with E-state index in [-0.39, 0.29) is 0 Å². The van der Waals surface area contributed by atoms with Gasteiger partial charge in [0.1, 0.15) is 11.2 Å². The Bertz CT molecular complexity index is 424. The Kier molecular flexibility index (Phi) is 2.47. The van der Waals surface area contributed by atoms with E-state index in [9.17, 15) is 0 Å². The molecule has 68 valence electrons. The normalized spacial score (nSPS) is 10.9. The van der Waals surface area contributed by atoms with Crippen LogP contribution in [-0.2, 0) is 6.42 Å². The molecule has 0 spiro atoms. The molecule has 0 saturated heterocycles. The van der Waals surface area contributed by atoms with Crippen molar-refractivity contribution in [1.29, 1.82) is 0 Å². The maximum absolute atomic E-state index is 6.17. The molecule has 0 atom stereocenters. The van der Waals surface area contributed by atoms with Gasteiger partial charge in [-0.2, -0.15) is 0 Å². The van der Waals surface area contributed by atoms with E-state index in [0.717, 1.165) is 28.1 Å². The second-order valence-corrected chi connectivity index (χ2v) is 4.29. The fourth-order valence-corrected chi connectivity index (χ4v) is 2.76. The first-order valence-corrected chi connectivity index (χ1v) is 5.39. The molecular formula is C9H9ClN2S. The fourth-order valence-electron chi connectivity index (χ4n) is 1.25. The van der Waals surface area contributed by atoms with Crippen LogP contribution in [0.1, 0.15) is 18.2 Å². The van der Waals surface area contributed by atoms with Gasteiger partial charge in [0, 0.05) is 16.5 Å². The molecule has 0 aliphatic carbocycles. The smallest absolute Gasteiger partial charge is 0.128 e. The van der Waals surface area contributed by atoms with Crippen molar-refractivity contribution in [2.45, 2.75) is 19.8 Å². The summed E-state index contributed by atoms with van der Waals surface area (Å²) in [7, 11) is 0. The highest BCUT2D eigenvalue weighted by Gasteiger charge is 2.09. The zero-order chi connectivity index (χ0) is 9.26. The zero-order valence-corrected chi connectivity index (χ0v) is 8.82. The summed E-state index contributed by atoms with van der Waals surface area (Å²) < 4.78 is 0. The first kappa shape index (κ1) is 8.91. The van der Waals surface area contributed by atoms with Crippen molar-refractivity contribution in [2.75, 3.05) is 0 Å². The summed E-state index contributed by atoms with van der Waals surface area (Å²) in [4.78, 5) is 10.3. The Labute approximate surface area is 85.6 Å². The molecule has 0 aliphatic heterocycles. The third-order valence-electron chi connectivity index (χ3n) is 1.85. The van der Waals surface area contributed by atoms with Crippen molar-refractivity contribution in [2.24, 2.45) is 0 Å². The van der Waals surface area contributed by atoms with Crippen LogP contribution in [0.25, 0.3) is 10.2 Å². The van der Waals surface area contributed by atoms with Crippen LogP contribution in [0.4, 0.5) is 0 Å². The molecule has 0 fully saturated rings. The summed E-state index contributed by atoms with van der Waals surface area (Å²) in [5.74, 6) is 0. The van der Waals surface area contributed by atoms with Gasteiger partial charge in [-0.05, 0) is 6.42 Å². The Hall–Kier alpha value is -0.670. The van der Waals surface area contributed by atoms with Gasteiger partial charge in [0.25, 0.3) is 0 Å². The molecule has 2 nitrogen and oxygen atoms in total. The number of aromatic nitrogens is 2. The summed E-state index contributed by atoms with van der Waals surface area (Å²) in [5, 5.41) is 1.82. The largest absolute Gasteiger partial charge is 0.244 e. The summed E-state index contributed by atoms with van der Waals surface area (Å²) >= 11 is 7.83. The van der Waals surface area contributed by atoms with E-state index in [1.54, 1.807) is 23.9 Å². The Morgan fingerprint density at radius 1 is 1.54 bits per heavy atom. The number of hydrogen-bond donors (Lipinski definition) is 0. The predicted molar refractivity (Wildman–Crippen MR) is 56.4 cm³/mol. The predicted octanol–water partition coefficient (Wildman–Crippen LogP) is 3.30. The van der Waals surface area contributed by atoms with Crippen LogP contribution in [-0.4, -0.2) is 9.97 Å². The molecule has 0 N–H and O–H groups in total. The number of hydrogen-bond acceptors (Lipinski definition) is 3. The van der Waals surface area contributed by atoms with Gasteiger partial charge in [-0.25, -0.2) is 9.97 Å². The minimum atomic E-state index is 0.836. The lowest BCUT2D eigenvalue weighted by Gasteiger charge is -1.91. The summed E-state index contributed by atoms with van der Waals surface area (Å²) in [5.41, 5.74) is 0. The van der Waals surface area contributed by atoms with Crippen molar-refractivity contribution >= 4 is 33.2 Å². The Balaban J connectivity index is 2.60. The number of nitrogens with zero attached hydrogens (tertiary/aromatic N) is 2. The maximum Gasteiger partial charge on any atom is 0.128 e. The van der Waals surface area contributed by atoms with Crippen LogP contribution in [0.3, 0.4) is 0 Å².